The van der Waals surface area contributed by atoms with E-state index in [1.807, 2.05) is 42.6 Å². The van der Waals surface area contributed by atoms with Gasteiger partial charge in [-0.05, 0) is 30.3 Å². The molecule has 0 bridgehead atoms. The minimum atomic E-state index is 0.690. The summed E-state index contributed by atoms with van der Waals surface area (Å²) in [6, 6.07) is 11.4. The van der Waals surface area contributed by atoms with Gasteiger partial charge in [0.1, 0.15) is 11.8 Å². The third-order valence-electron chi connectivity index (χ3n) is 2.42. The molecule has 0 spiro atoms. The van der Waals surface area contributed by atoms with Gasteiger partial charge in [0.05, 0.1) is 0 Å². The highest BCUT2D eigenvalue weighted by molar-refractivity contribution is 6.30. The number of hydrogen-bond donors (Lipinski definition) is 1. The minimum Gasteiger partial charge on any atom is -0.338 e. The predicted octanol–water partition coefficient (Wildman–Crippen LogP) is 3.13. The maximum Gasteiger partial charge on any atom is 0.158 e. The summed E-state index contributed by atoms with van der Waals surface area (Å²) >= 11 is 5.93. The third-order valence-corrected chi connectivity index (χ3v) is 2.66. The van der Waals surface area contributed by atoms with Crippen molar-refractivity contribution in [2.75, 3.05) is 5.32 Å². The zero-order valence-electron chi connectivity index (χ0n) is 8.84. The van der Waals surface area contributed by atoms with Crippen molar-refractivity contribution in [3.8, 4) is 0 Å². The van der Waals surface area contributed by atoms with Gasteiger partial charge in [-0.3, -0.25) is 0 Å². The maximum absolute atomic E-state index is 5.93. The van der Waals surface area contributed by atoms with Gasteiger partial charge in [0, 0.05) is 16.9 Å². The van der Waals surface area contributed by atoms with Crippen LogP contribution in [-0.4, -0.2) is 14.6 Å². The van der Waals surface area contributed by atoms with Crippen LogP contribution in [0.5, 0.6) is 0 Å². The lowest BCUT2D eigenvalue weighted by atomic mass is 10.3. The fourth-order valence-electron chi connectivity index (χ4n) is 1.67. The van der Waals surface area contributed by atoms with Crippen molar-refractivity contribution in [3.63, 3.8) is 0 Å². The Morgan fingerprint density at radius 1 is 1.18 bits per heavy atom. The van der Waals surface area contributed by atoms with Crippen LogP contribution >= 0.6 is 11.6 Å². The first-order valence-electron chi connectivity index (χ1n) is 5.14. The van der Waals surface area contributed by atoms with Crippen LogP contribution in [0.25, 0.3) is 5.52 Å². The number of rotatable bonds is 2. The van der Waals surface area contributed by atoms with Gasteiger partial charge in [-0.25, -0.2) is 9.50 Å². The van der Waals surface area contributed by atoms with Gasteiger partial charge < -0.3 is 5.32 Å². The largest absolute Gasteiger partial charge is 0.338 e. The van der Waals surface area contributed by atoms with Crippen LogP contribution < -0.4 is 5.32 Å². The van der Waals surface area contributed by atoms with Crippen molar-refractivity contribution in [1.82, 2.24) is 14.6 Å². The van der Waals surface area contributed by atoms with E-state index < -0.39 is 0 Å². The summed E-state index contributed by atoms with van der Waals surface area (Å²) in [4.78, 5) is 4.22. The summed E-state index contributed by atoms with van der Waals surface area (Å²) < 4.78 is 1.76. The highest BCUT2D eigenvalue weighted by Gasteiger charge is 2.03. The maximum atomic E-state index is 5.93. The third kappa shape index (κ3) is 1.94. The van der Waals surface area contributed by atoms with E-state index in [0.717, 1.165) is 17.0 Å². The standard InChI is InChI=1S/C12H9ClN4/c13-9-3-1-4-10(7-9)16-12-11-5-2-6-17(11)15-8-14-12/h1-8H,(H,14,15,16). The zero-order chi connectivity index (χ0) is 11.7. The van der Waals surface area contributed by atoms with Crippen molar-refractivity contribution in [1.29, 1.82) is 0 Å². The van der Waals surface area contributed by atoms with Gasteiger partial charge >= 0.3 is 0 Å². The number of nitrogens with zero attached hydrogens (tertiary/aromatic N) is 3. The molecule has 17 heavy (non-hydrogen) atoms. The first-order chi connectivity index (χ1) is 8.33. The molecule has 4 nitrogen and oxygen atoms in total. The van der Waals surface area contributed by atoms with E-state index in [1.54, 1.807) is 4.52 Å². The Labute approximate surface area is 103 Å². The molecule has 3 aromatic rings. The van der Waals surface area contributed by atoms with Gasteiger partial charge in [-0.15, -0.1) is 0 Å². The fourth-order valence-corrected chi connectivity index (χ4v) is 1.86. The quantitative estimate of drug-likeness (QED) is 0.753. The summed E-state index contributed by atoms with van der Waals surface area (Å²) in [6.45, 7) is 0. The number of benzene rings is 1. The molecule has 3 rings (SSSR count). The van der Waals surface area contributed by atoms with E-state index in [9.17, 15) is 0 Å². The smallest absolute Gasteiger partial charge is 0.158 e. The Kier molecular flexibility index (Phi) is 2.42. The van der Waals surface area contributed by atoms with E-state index in [1.165, 1.54) is 6.33 Å². The number of nitrogens with one attached hydrogen (secondary N) is 1. The zero-order valence-corrected chi connectivity index (χ0v) is 9.59. The van der Waals surface area contributed by atoms with Crippen molar-refractivity contribution in [2.24, 2.45) is 0 Å². The molecule has 5 heteroatoms. The van der Waals surface area contributed by atoms with E-state index in [2.05, 4.69) is 15.4 Å². The molecule has 0 saturated heterocycles. The SMILES string of the molecule is Clc1cccc(Nc2ncnn3cccc23)c1. The Bertz CT molecular complexity index is 662. The number of hydrogen-bond acceptors (Lipinski definition) is 3. The number of aromatic nitrogens is 3. The monoisotopic (exact) mass is 244 g/mol. The molecule has 0 aliphatic rings. The Morgan fingerprint density at radius 3 is 3.00 bits per heavy atom. The van der Waals surface area contributed by atoms with Gasteiger partial charge in [0.2, 0.25) is 0 Å². The highest BCUT2D eigenvalue weighted by atomic mass is 35.5. The molecule has 2 heterocycles. The van der Waals surface area contributed by atoms with Gasteiger partial charge in [-0.1, -0.05) is 17.7 Å². The lowest BCUT2D eigenvalue weighted by Gasteiger charge is -2.06. The highest BCUT2D eigenvalue weighted by Crippen LogP contribution is 2.21. The van der Waals surface area contributed by atoms with Crippen LogP contribution in [0.15, 0.2) is 48.9 Å². The van der Waals surface area contributed by atoms with Crippen LogP contribution in [0.1, 0.15) is 0 Å². The summed E-state index contributed by atoms with van der Waals surface area (Å²) in [5.41, 5.74) is 1.83. The second kappa shape index (κ2) is 4.07. The van der Waals surface area contributed by atoms with Crippen LogP contribution in [0, 0.1) is 0 Å². The molecule has 0 fully saturated rings. The van der Waals surface area contributed by atoms with Crippen molar-refractivity contribution in [3.05, 3.63) is 53.9 Å². The Morgan fingerprint density at radius 2 is 2.12 bits per heavy atom. The summed E-state index contributed by atoms with van der Waals surface area (Å²) in [7, 11) is 0. The average Bonchev–Trinajstić information content (AvgIpc) is 2.78. The second-order valence-electron chi connectivity index (χ2n) is 3.58. The summed E-state index contributed by atoms with van der Waals surface area (Å²) in [5, 5.41) is 8.01. The normalized spacial score (nSPS) is 10.6. The van der Waals surface area contributed by atoms with Crippen molar-refractivity contribution >= 4 is 28.6 Å². The van der Waals surface area contributed by atoms with Crippen LogP contribution in [0.2, 0.25) is 5.02 Å². The van der Waals surface area contributed by atoms with E-state index in [4.69, 9.17) is 11.6 Å². The molecule has 0 aliphatic carbocycles. The average molecular weight is 245 g/mol. The van der Waals surface area contributed by atoms with Gasteiger partial charge in [-0.2, -0.15) is 5.10 Å². The molecule has 0 amide bonds. The summed E-state index contributed by atoms with van der Waals surface area (Å²) in [5.74, 6) is 0.757. The molecule has 84 valence electrons. The molecule has 1 N–H and O–H groups in total. The molecule has 2 aromatic heterocycles. The van der Waals surface area contributed by atoms with Crippen LogP contribution in [0.3, 0.4) is 0 Å². The molecular weight excluding hydrogens is 236 g/mol. The van der Waals surface area contributed by atoms with E-state index in [-0.39, 0.29) is 0 Å². The van der Waals surface area contributed by atoms with Gasteiger partial charge in [0.25, 0.3) is 0 Å². The number of anilines is 2. The molecule has 0 radical (unpaired) electrons. The van der Waals surface area contributed by atoms with Crippen LogP contribution in [-0.2, 0) is 0 Å². The first-order valence-corrected chi connectivity index (χ1v) is 5.52. The molecular formula is C12H9ClN4. The molecule has 0 atom stereocenters. The van der Waals surface area contributed by atoms with E-state index in [0.29, 0.717) is 5.02 Å². The predicted molar refractivity (Wildman–Crippen MR) is 67.7 cm³/mol. The molecule has 1 aromatic carbocycles. The number of fused-ring (bicyclic) bond motifs is 1. The topological polar surface area (TPSA) is 42.2 Å². The lowest BCUT2D eigenvalue weighted by molar-refractivity contribution is 0.906. The Hall–Kier alpha value is -2.07. The lowest BCUT2D eigenvalue weighted by Crippen LogP contribution is -1.99. The van der Waals surface area contributed by atoms with Crippen molar-refractivity contribution in [2.45, 2.75) is 0 Å². The summed E-state index contributed by atoms with van der Waals surface area (Å²) in [6.07, 6.45) is 3.39. The first kappa shape index (κ1) is 10.1. The van der Waals surface area contributed by atoms with E-state index >= 15 is 0 Å². The molecule has 0 unspecified atom stereocenters. The molecule has 0 saturated carbocycles. The van der Waals surface area contributed by atoms with Gasteiger partial charge in [0.15, 0.2) is 5.82 Å². The minimum absolute atomic E-state index is 0.690. The van der Waals surface area contributed by atoms with Crippen molar-refractivity contribution < 1.29 is 0 Å². The second-order valence-corrected chi connectivity index (χ2v) is 4.02. The molecule has 0 aliphatic heterocycles. The Balaban J connectivity index is 2.02. The fraction of sp³-hybridized carbons (Fsp3) is 0. The van der Waals surface area contributed by atoms with Crippen LogP contribution in [0.4, 0.5) is 11.5 Å². The number of halogens is 1.